The first-order valence-corrected chi connectivity index (χ1v) is 8.46. The summed E-state index contributed by atoms with van der Waals surface area (Å²) in [7, 11) is 1.92. The summed E-state index contributed by atoms with van der Waals surface area (Å²) in [5.74, 6) is 0.981. The summed E-state index contributed by atoms with van der Waals surface area (Å²) in [5, 5.41) is 4.19. The zero-order valence-electron chi connectivity index (χ0n) is 13.7. The average Bonchev–Trinajstić information content (AvgIpc) is 2.79. The molecule has 2 heterocycles. The molecule has 1 aliphatic rings. The summed E-state index contributed by atoms with van der Waals surface area (Å²) < 4.78 is 13.2. The molecule has 0 saturated heterocycles. The van der Waals surface area contributed by atoms with Crippen molar-refractivity contribution in [3.8, 4) is 11.5 Å². The molecule has 3 aromatic rings. The number of benzene rings is 2. The van der Waals surface area contributed by atoms with E-state index < -0.39 is 0 Å². The fourth-order valence-corrected chi connectivity index (χ4v) is 3.19. The fraction of sp³-hybridized carbons (Fsp3) is 0.211. The van der Waals surface area contributed by atoms with E-state index in [0.717, 1.165) is 17.3 Å². The first kappa shape index (κ1) is 15.8. The van der Waals surface area contributed by atoms with E-state index >= 15 is 0 Å². The van der Waals surface area contributed by atoms with Gasteiger partial charge in [-0.2, -0.15) is 0 Å². The molecule has 0 unspecified atom stereocenters. The van der Waals surface area contributed by atoms with Gasteiger partial charge in [-0.25, -0.2) is 0 Å². The van der Waals surface area contributed by atoms with Gasteiger partial charge in [-0.15, -0.1) is 0 Å². The number of ether oxygens (including phenoxy) is 2. The van der Waals surface area contributed by atoms with Gasteiger partial charge in [0, 0.05) is 42.7 Å². The van der Waals surface area contributed by atoms with Crippen molar-refractivity contribution in [2.45, 2.75) is 6.42 Å². The van der Waals surface area contributed by atoms with Gasteiger partial charge in [-0.3, -0.25) is 4.79 Å². The van der Waals surface area contributed by atoms with Crippen molar-refractivity contribution in [3.63, 3.8) is 0 Å². The van der Waals surface area contributed by atoms with Crippen LogP contribution in [0.4, 0.5) is 5.69 Å². The van der Waals surface area contributed by atoms with Crippen LogP contribution in [0.5, 0.6) is 11.5 Å². The average molecular weight is 357 g/mol. The Morgan fingerprint density at radius 1 is 1.16 bits per heavy atom. The lowest BCUT2D eigenvalue weighted by Crippen LogP contribution is -2.12. The van der Waals surface area contributed by atoms with Crippen molar-refractivity contribution >= 4 is 34.1 Å². The molecule has 0 atom stereocenters. The minimum absolute atomic E-state index is 0.215. The van der Waals surface area contributed by atoms with Gasteiger partial charge in [0.2, 0.25) is 0 Å². The third kappa shape index (κ3) is 2.91. The van der Waals surface area contributed by atoms with Crippen molar-refractivity contribution in [2.75, 3.05) is 18.5 Å². The first-order chi connectivity index (χ1) is 12.1. The van der Waals surface area contributed by atoms with Crippen LogP contribution in [-0.2, 0) is 7.05 Å². The lowest BCUT2D eigenvalue weighted by molar-refractivity contribution is 0.102. The molecule has 0 radical (unpaired) electrons. The number of nitrogens with zero attached hydrogens (tertiary/aromatic N) is 1. The minimum atomic E-state index is -0.215. The molecule has 1 amide bonds. The molecule has 0 saturated carbocycles. The van der Waals surface area contributed by atoms with E-state index in [0.29, 0.717) is 41.0 Å². The van der Waals surface area contributed by atoms with Crippen molar-refractivity contribution in [3.05, 3.63) is 53.2 Å². The second kappa shape index (κ2) is 6.33. The number of hydrogen-bond donors (Lipinski definition) is 1. The van der Waals surface area contributed by atoms with Crippen LogP contribution >= 0.6 is 11.6 Å². The Kier molecular flexibility index (Phi) is 4.01. The van der Waals surface area contributed by atoms with Gasteiger partial charge in [0.1, 0.15) is 0 Å². The van der Waals surface area contributed by atoms with Gasteiger partial charge in [0.15, 0.2) is 11.5 Å². The number of aryl methyl sites for hydroxylation is 1. The highest BCUT2D eigenvalue weighted by atomic mass is 35.5. The molecule has 4 rings (SSSR count). The van der Waals surface area contributed by atoms with Crippen molar-refractivity contribution < 1.29 is 14.3 Å². The van der Waals surface area contributed by atoms with E-state index in [2.05, 4.69) is 5.32 Å². The quantitative estimate of drug-likeness (QED) is 0.747. The molecule has 0 spiro atoms. The number of halogens is 1. The molecule has 2 aromatic carbocycles. The molecule has 1 aromatic heterocycles. The van der Waals surface area contributed by atoms with Crippen molar-refractivity contribution in [1.29, 1.82) is 0 Å². The summed E-state index contributed by atoms with van der Waals surface area (Å²) in [6, 6.07) is 11.2. The van der Waals surface area contributed by atoms with Gasteiger partial charge in [-0.05, 0) is 6.07 Å². The van der Waals surface area contributed by atoms with Crippen LogP contribution < -0.4 is 14.8 Å². The van der Waals surface area contributed by atoms with Gasteiger partial charge < -0.3 is 19.4 Å². The van der Waals surface area contributed by atoms with Crippen LogP contribution in [-0.4, -0.2) is 23.7 Å². The number of carbonyl (C=O) groups excluding carboxylic acids is 1. The van der Waals surface area contributed by atoms with E-state index in [1.807, 2.05) is 42.1 Å². The molecular weight excluding hydrogens is 340 g/mol. The third-order valence-corrected chi connectivity index (χ3v) is 4.54. The molecule has 128 valence electrons. The Bertz CT molecular complexity index is 965. The Balaban J connectivity index is 1.67. The first-order valence-electron chi connectivity index (χ1n) is 8.08. The normalized spacial score (nSPS) is 13.5. The number of fused-ring (bicyclic) bond motifs is 2. The topological polar surface area (TPSA) is 52.5 Å². The van der Waals surface area contributed by atoms with E-state index in [-0.39, 0.29) is 5.91 Å². The lowest BCUT2D eigenvalue weighted by atomic mass is 10.1. The van der Waals surface area contributed by atoms with Gasteiger partial charge in [0.25, 0.3) is 5.91 Å². The zero-order valence-corrected chi connectivity index (χ0v) is 14.5. The number of amides is 1. The highest BCUT2D eigenvalue weighted by Gasteiger charge is 2.18. The smallest absolute Gasteiger partial charge is 0.257 e. The van der Waals surface area contributed by atoms with Crippen LogP contribution in [0.15, 0.2) is 42.6 Å². The summed E-state index contributed by atoms with van der Waals surface area (Å²) >= 11 is 6.31. The number of rotatable bonds is 2. The van der Waals surface area contributed by atoms with Crippen molar-refractivity contribution in [1.82, 2.24) is 4.57 Å². The number of anilines is 1. The summed E-state index contributed by atoms with van der Waals surface area (Å²) in [5.41, 5.74) is 2.10. The van der Waals surface area contributed by atoms with E-state index in [4.69, 9.17) is 21.1 Å². The van der Waals surface area contributed by atoms with E-state index in [1.165, 1.54) is 0 Å². The molecule has 5 nitrogen and oxygen atoms in total. The second-order valence-electron chi connectivity index (χ2n) is 5.95. The summed E-state index contributed by atoms with van der Waals surface area (Å²) in [4.78, 5) is 12.8. The van der Waals surface area contributed by atoms with E-state index in [9.17, 15) is 4.79 Å². The van der Waals surface area contributed by atoms with Crippen LogP contribution in [0.25, 0.3) is 10.9 Å². The molecular formula is C19H17ClN2O3. The molecule has 0 aliphatic carbocycles. The zero-order chi connectivity index (χ0) is 17.4. The number of carbonyl (C=O) groups is 1. The molecule has 1 aliphatic heterocycles. The van der Waals surface area contributed by atoms with Gasteiger partial charge >= 0.3 is 0 Å². The van der Waals surface area contributed by atoms with Gasteiger partial charge in [-0.1, -0.05) is 29.8 Å². The van der Waals surface area contributed by atoms with Crippen LogP contribution in [0.1, 0.15) is 16.8 Å². The second-order valence-corrected chi connectivity index (χ2v) is 6.36. The lowest BCUT2D eigenvalue weighted by Gasteiger charge is -2.12. The Morgan fingerprint density at radius 3 is 2.68 bits per heavy atom. The predicted octanol–water partition coefficient (Wildman–Crippen LogP) is 4.25. The maximum Gasteiger partial charge on any atom is 0.257 e. The highest BCUT2D eigenvalue weighted by Crippen LogP contribution is 2.38. The van der Waals surface area contributed by atoms with Crippen LogP contribution in [0.3, 0.4) is 0 Å². The van der Waals surface area contributed by atoms with Crippen molar-refractivity contribution in [2.24, 2.45) is 7.05 Å². The highest BCUT2D eigenvalue weighted by molar-refractivity contribution is 6.34. The Hall–Kier alpha value is -2.66. The van der Waals surface area contributed by atoms with Crippen LogP contribution in [0, 0.1) is 0 Å². The molecule has 1 N–H and O–H groups in total. The largest absolute Gasteiger partial charge is 0.490 e. The molecule has 6 heteroatoms. The van der Waals surface area contributed by atoms with Gasteiger partial charge in [0.05, 0.1) is 29.5 Å². The van der Waals surface area contributed by atoms with Crippen LogP contribution in [0.2, 0.25) is 5.02 Å². The number of nitrogens with one attached hydrogen (secondary N) is 1. The maximum absolute atomic E-state index is 12.8. The number of para-hydroxylation sites is 1. The molecule has 0 bridgehead atoms. The predicted molar refractivity (Wildman–Crippen MR) is 97.9 cm³/mol. The molecule has 25 heavy (non-hydrogen) atoms. The third-order valence-electron chi connectivity index (χ3n) is 4.23. The van der Waals surface area contributed by atoms with E-state index in [1.54, 1.807) is 12.1 Å². The standard InChI is InChI=1S/C19H17ClN2O3/c1-22-11-13(12-5-2-3-6-16(12)22)19(23)21-15-10-18-17(9-14(15)20)24-7-4-8-25-18/h2-3,5-6,9-11H,4,7-8H2,1H3,(H,21,23). The maximum atomic E-state index is 12.8. The molecule has 0 fully saturated rings. The number of aromatic nitrogens is 1. The minimum Gasteiger partial charge on any atom is -0.490 e. The SMILES string of the molecule is Cn1cc(C(=O)Nc2cc3c(cc2Cl)OCCCO3)c2ccccc21. The summed E-state index contributed by atoms with van der Waals surface area (Å²) in [6.45, 7) is 1.16. The Labute approximate surface area is 150 Å². The number of hydrogen-bond acceptors (Lipinski definition) is 3. The monoisotopic (exact) mass is 356 g/mol. The summed E-state index contributed by atoms with van der Waals surface area (Å²) in [6.07, 6.45) is 2.63. The Morgan fingerprint density at radius 2 is 1.88 bits per heavy atom. The fourth-order valence-electron chi connectivity index (χ4n) is 2.99.